The first-order chi connectivity index (χ1) is 6.63. The van der Waals surface area contributed by atoms with E-state index in [0.29, 0.717) is 11.1 Å². The van der Waals surface area contributed by atoms with Gasteiger partial charge in [0.05, 0.1) is 11.1 Å². The molecule has 2 N–H and O–H groups in total. The van der Waals surface area contributed by atoms with E-state index >= 15 is 0 Å². The summed E-state index contributed by atoms with van der Waals surface area (Å²) in [5, 5.41) is 0. The van der Waals surface area contributed by atoms with Gasteiger partial charge >= 0.3 is 0 Å². The molecule has 1 fully saturated rings. The second-order valence-corrected chi connectivity index (χ2v) is 4.51. The summed E-state index contributed by atoms with van der Waals surface area (Å²) in [6, 6.07) is 0.752. The molecule has 0 amide bonds. The van der Waals surface area contributed by atoms with Gasteiger partial charge in [0, 0.05) is 32.7 Å². The van der Waals surface area contributed by atoms with Crippen LogP contribution in [-0.2, 0) is 4.74 Å². The number of nitrogens with zero attached hydrogens (tertiary/aromatic N) is 1. The molecule has 1 unspecified atom stereocenters. The molecule has 0 radical (unpaired) electrons. The summed E-state index contributed by atoms with van der Waals surface area (Å²) in [5.74, 6) is 0. The highest BCUT2D eigenvalue weighted by atomic mass is 32.1. The van der Waals surface area contributed by atoms with Gasteiger partial charge in [0.25, 0.3) is 0 Å². The Hall–Kier alpha value is -0.190. The van der Waals surface area contributed by atoms with E-state index in [1.165, 1.54) is 12.8 Å². The molecule has 1 aliphatic carbocycles. The summed E-state index contributed by atoms with van der Waals surface area (Å²) >= 11 is 4.88. The van der Waals surface area contributed by atoms with Crippen molar-refractivity contribution in [2.24, 2.45) is 5.73 Å². The zero-order chi connectivity index (χ0) is 10.6. The highest BCUT2D eigenvalue weighted by Crippen LogP contribution is 2.27. The quantitative estimate of drug-likeness (QED) is 0.648. The molecule has 3 nitrogen and oxygen atoms in total. The van der Waals surface area contributed by atoms with E-state index < -0.39 is 0 Å². The highest BCUT2D eigenvalue weighted by Gasteiger charge is 2.29. The van der Waals surface area contributed by atoms with Gasteiger partial charge in [-0.25, -0.2) is 0 Å². The number of hydrogen-bond acceptors (Lipinski definition) is 3. The van der Waals surface area contributed by atoms with E-state index in [-0.39, 0.29) is 0 Å². The van der Waals surface area contributed by atoms with Gasteiger partial charge in [-0.3, -0.25) is 4.90 Å². The summed E-state index contributed by atoms with van der Waals surface area (Å²) in [4.78, 5) is 3.05. The summed E-state index contributed by atoms with van der Waals surface area (Å²) in [6.07, 6.45) is 3.74. The van der Waals surface area contributed by atoms with Crippen molar-refractivity contribution in [1.82, 2.24) is 4.90 Å². The molecule has 4 heteroatoms. The SMILES string of the molecule is COC(C)CN(CCC(N)=S)C1CC1. The molecular weight excluding hydrogens is 196 g/mol. The van der Waals surface area contributed by atoms with Crippen molar-refractivity contribution in [3.05, 3.63) is 0 Å². The number of ether oxygens (including phenoxy) is 1. The molecule has 0 aromatic heterocycles. The molecule has 14 heavy (non-hydrogen) atoms. The Morgan fingerprint density at radius 1 is 1.64 bits per heavy atom. The Morgan fingerprint density at radius 2 is 2.29 bits per heavy atom. The fraction of sp³-hybridized carbons (Fsp3) is 0.900. The van der Waals surface area contributed by atoms with Gasteiger partial charge in [-0.15, -0.1) is 0 Å². The first-order valence-corrected chi connectivity index (χ1v) is 5.59. The number of rotatable bonds is 7. The molecule has 0 bridgehead atoms. The predicted molar refractivity (Wildman–Crippen MR) is 62.5 cm³/mol. The topological polar surface area (TPSA) is 38.5 Å². The summed E-state index contributed by atoms with van der Waals surface area (Å²) in [6.45, 7) is 4.06. The van der Waals surface area contributed by atoms with Crippen molar-refractivity contribution in [2.75, 3.05) is 20.2 Å². The first-order valence-electron chi connectivity index (χ1n) is 5.18. The van der Waals surface area contributed by atoms with Crippen LogP contribution in [0.2, 0.25) is 0 Å². The Labute approximate surface area is 91.6 Å². The van der Waals surface area contributed by atoms with Crippen molar-refractivity contribution in [1.29, 1.82) is 0 Å². The van der Waals surface area contributed by atoms with Crippen LogP contribution in [0, 0.1) is 0 Å². The number of thiocarbonyl (C=S) groups is 1. The van der Waals surface area contributed by atoms with Crippen LogP contribution in [0.5, 0.6) is 0 Å². The number of nitrogens with two attached hydrogens (primary N) is 1. The van der Waals surface area contributed by atoms with E-state index in [9.17, 15) is 0 Å². The maximum atomic E-state index is 5.50. The summed E-state index contributed by atoms with van der Waals surface area (Å²) in [7, 11) is 1.75. The molecule has 0 saturated heterocycles. The molecule has 1 aliphatic rings. The maximum absolute atomic E-state index is 5.50. The van der Waals surface area contributed by atoms with Crippen molar-refractivity contribution in [3.8, 4) is 0 Å². The lowest BCUT2D eigenvalue weighted by Gasteiger charge is -2.24. The minimum absolute atomic E-state index is 0.293. The van der Waals surface area contributed by atoms with Crippen molar-refractivity contribution in [2.45, 2.75) is 38.3 Å². The molecule has 0 aliphatic heterocycles. The lowest BCUT2D eigenvalue weighted by molar-refractivity contribution is 0.0751. The number of methoxy groups -OCH3 is 1. The minimum atomic E-state index is 0.293. The van der Waals surface area contributed by atoms with E-state index in [0.717, 1.165) is 25.6 Å². The minimum Gasteiger partial charge on any atom is -0.393 e. The normalized spacial score (nSPS) is 18.5. The Morgan fingerprint density at radius 3 is 2.71 bits per heavy atom. The third kappa shape index (κ3) is 4.35. The fourth-order valence-corrected chi connectivity index (χ4v) is 1.61. The molecule has 1 rings (SSSR count). The summed E-state index contributed by atoms with van der Waals surface area (Å²) < 4.78 is 5.26. The Balaban J connectivity index is 2.27. The molecule has 1 saturated carbocycles. The van der Waals surface area contributed by atoms with Crippen LogP contribution in [0.3, 0.4) is 0 Å². The largest absolute Gasteiger partial charge is 0.393 e. The summed E-state index contributed by atoms with van der Waals surface area (Å²) in [5.41, 5.74) is 5.50. The molecule has 1 atom stereocenters. The van der Waals surface area contributed by atoms with Crippen molar-refractivity contribution in [3.63, 3.8) is 0 Å². The molecule has 82 valence electrons. The monoisotopic (exact) mass is 216 g/mol. The van der Waals surface area contributed by atoms with Crippen LogP contribution in [0.15, 0.2) is 0 Å². The standard InChI is InChI=1S/C10H20N2OS/c1-8(13-2)7-12(9-3-4-9)6-5-10(11)14/h8-9H,3-7H2,1-2H3,(H2,11,14). The van der Waals surface area contributed by atoms with Crippen LogP contribution in [0.4, 0.5) is 0 Å². The third-order valence-electron chi connectivity index (χ3n) is 2.60. The highest BCUT2D eigenvalue weighted by molar-refractivity contribution is 7.80. The lowest BCUT2D eigenvalue weighted by atomic mass is 10.3. The average Bonchev–Trinajstić information content (AvgIpc) is 2.94. The molecular formula is C10H20N2OS. The molecule has 0 spiro atoms. The van der Waals surface area contributed by atoms with Crippen molar-refractivity contribution < 1.29 is 4.74 Å². The van der Waals surface area contributed by atoms with E-state index in [2.05, 4.69) is 11.8 Å². The maximum Gasteiger partial charge on any atom is 0.0740 e. The zero-order valence-corrected chi connectivity index (χ0v) is 9.85. The van der Waals surface area contributed by atoms with Crippen LogP contribution in [-0.4, -0.2) is 42.2 Å². The Kier molecular flexibility index (Phi) is 4.78. The predicted octanol–water partition coefficient (Wildman–Crippen LogP) is 1.16. The zero-order valence-electron chi connectivity index (χ0n) is 9.03. The van der Waals surface area contributed by atoms with Gasteiger partial charge in [-0.2, -0.15) is 0 Å². The molecule has 0 aromatic carbocycles. The van der Waals surface area contributed by atoms with Gasteiger partial charge in [0.2, 0.25) is 0 Å². The van der Waals surface area contributed by atoms with Crippen molar-refractivity contribution >= 4 is 17.2 Å². The van der Waals surface area contributed by atoms with Gasteiger partial charge in [-0.1, -0.05) is 12.2 Å². The van der Waals surface area contributed by atoms with Crippen LogP contribution in [0.1, 0.15) is 26.2 Å². The van der Waals surface area contributed by atoms with Gasteiger partial charge < -0.3 is 10.5 Å². The van der Waals surface area contributed by atoms with E-state index in [1.54, 1.807) is 7.11 Å². The fourth-order valence-electron chi connectivity index (χ4n) is 1.52. The lowest BCUT2D eigenvalue weighted by Crippen LogP contribution is -2.36. The van der Waals surface area contributed by atoms with Crippen LogP contribution in [0.25, 0.3) is 0 Å². The molecule has 0 heterocycles. The molecule has 0 aromatic rings. The van der Waals surface area contributed by atoms with Gasteiger partial charge in [0.1, 0.15) is 0 Å². The smallest absolute Gasteiger partial charge is 0.0740 e. The Bertz CT molecular complexity index is 195. The third-order valence-corrected chi connectivity index (χ3v) is 2.81. The van der Waals surface area contributed by atoms with E-state index in [4.69, 9.17) is 22.7 Å². The van der Waals surface area contributed by atoms with Crippen LogP contribution >= 0.6 is 12.2 Å². The van der Waals surface area contributed by atoms with E-state index in [1.807, 2.05) is 0 Å². The van der Waals surface area contributed by atoms with Crippen LogP contribution < -0.4 is 5.73 Å². The first kappa shape index (κ1) is 11.9. The van der Waals surface area contributed by atoms with Gasteiger partial charge in [0.15, 0.2) is 0 Å². The van der Waals surface area contributed by atoms with Gasteiger partial charge in [-0.05, 0) is 19.8 Å². The second kappa shape index (κ2) is 5.63. The number of hydrogen-bond donors (Lipinski definition) is 1. The second-order valence-electron chi connectivity index (χ2n) is 3.99. The average molecular weight is 216 g/mol.